The molecule has 1 heterocycles. The van der Waals surface area contributed by atoms with Gasteiger partial charge in [-0.1, -0.05) is 18.2 Å². The molecule has 1 aliphatic heterocycles. The lowest BCUT2D eigenvalue weighted by Crippen LogP contribution is -2.47. The Hall–Kier alpha value is -4.21. The van der Waals surface area contributed by atoms with E-state index >= 15 is 0 Å². The van der Waals surface area contributed by atoms with Gasteiger partial charge in [0.05, 0.1) is 23.1 Å². The number of nitrogens with one attached hydrogen (secondary N) is 2. The minimum absolute atomic E-state index is 0.127. The highest BCUT2D eigenvalue weighted by molar-refractivity contribution is 6.04. The third-order valence-electron chi connectivity index (χ3n) is 5.20. The number of amides is 3. The second kappa shape index (κ2) is 9.94. The van der Waals surface area contributed by atoms with E-state index < -0.39 is 22.8 Å². The first-order chi connectivity index (χ1) is 15.8. The molecule has 0 bridgehead atoms. The molecule has 0 fully saturated rings. The second-order valence-corrected chi connectivity index (χ2v) is 7.23. The van der Waals surface area contributed by atoms with E-state index in [-0.39, 0.29) is 23.9 Å². The third kappa shape index (κ3) is 5.00. The van der Waals surface area contributed by atoms with Gasteiger partial charge in [0.1, 0.15) is 0 Å². The number of hydrogen-bond donors (Lipinski definition) is 2. The van der Waals surface area contributed by atoms with Crippen molar-refractivity contribution in [2.45, 2.75) is 26.8 Å². The van der Waals surface area contributed by atoms with Crippen LogP contribution in [0, 0.1) is 10.1 Å². The molecule has 0 radical (unpaired) electrons. The average Bonchev–Trinajstić information content (AvgIpc) is 2.79. The molecule has 33 heavy (non-hydrogen) atoms. The smallest absolute Gasteiger partial charge is 0.338 e. The van der Waals surface area contributed by atoms with Crippen LogP contribution in [0.5, 0.6) is 0 Å². The minimum atomic E-state index is -0.769. The number of carbonyl (C=O) groups excluding carboxylic acids is 3. The maximum absolute atomic E-state index is 12.7. The molecular formula is C23H24N4O6. The van der Waals surface area contributed by atoms with Crippen LogP contribution in [0.4, 0.5) is 16.2 Å². The fourth-order valence-electron chi connectivity index (χ4n) is 3.65. The molecule has 0 aromatic heterocycles. The number of ether oxygens (including phenoxy) is 1. The van der Waals surface area contributed by atoms with Gasteiger partial charge in [-0.05, 0) is 44.5 Å². The van der Waals surface area contributed by atoms with E-state index in [0.717, 1.165) is 0 Å². The summed E-state index contributed by atoms with van der Waals surface area (Å²) in [6.45, 7) is 5.76. The largest absolute Gasteiger partial charge is 0.463 e. The number of benzene rings is 2. The number of nitro groups is 1. The number of nitrogens with zero attached hydrogens (tertiary/aromatic N) is 2. The van der Waals surface area contributed by atoms with E-state index in [2.05, 4.69) is 10.6 Å². The molecular weight excluding hydrogens is 428 g/mol. The quantitative estimate of drug-likeness (QED) is 0.373. The fourth-order valence-corrected chi connectivity index (χ4v) is 3.65. The van der Waals surface area contributed by atoms with Crippen molar-refractivity contribution >= 4 is 29.3 Å². The molecule has 0 unspecified atom stereocenters. The van der Waals surface area contributed by atoms with E-state index in [1.807, 2.05) is 0 Å². The monoisotopic (exact) mass is 452 g/mol. The van der Waals surface area contributed by atoms with Crippen LogP contribution >= 0.6 is 0 Å². The molecule has 0 spiro atoms. The Morgan fingerprint density at radius 1 is 1.18 bits per heavy atom. The Balaban J connectivity index is 1.93. The minimum Gasteiger partial charge on any atom is -0.463 e. The molecule has 1 aliphatic rings. The van der Waals surface area contributed by atoms with E-state index in [1.54, 1.807) is 45.0 Å². The number of rotatable bonds is 7. The second-order valence-electron chi connectivity index (χ2n) is 7.23. The van der Waals surface area contributed by atoms with Crippen molar-refractivity contribution in [1.82, 2.24) is 10.2 Å². The number of non-ortho nitro benzene ring substituents is 1. The zero-order valence-corrected chi connectivity index (χ0v) is 18.5. The first kappa shape index (κ1) is 23.5. The predicted octanol–water partition coefficient (Wildman–Crippen LogP) is 3.77. The molecule has 0 saturated carbocycles. The van der Waals surface area contributed by atoms with Crippen molar-refractivity contribution in [3.8, 4) is 0 Å². The van der Waals surface area contributed by atoms with Crippen molar-refractivity contribution in [3.63, 3.8) is 0 Å². The SMILES string of the molecule is CCOC(=O)C1=C(C)N(CC)C(=O)N[C@H]1c1cccc(NC(=O)c2cccc([N+](=O)[O-])c2)c1. The van der Waals surface area contributed by atoms with Gasteiger partial charge in [-0.15, -0.1) is 0 Å². The molecule has 172 valence electrons. The van der Waals surface area contributed by atoms with Crippen LogP contribution in [0.25, 0.3) is 0 Å². The number of allylic oxidation sites excluding steroid dienone is 1. The fraction of sp³-hybridized carbons (Fsp3) is 0.261. The van der Waals surface area contributed by atoms with Crippen LogP contribution in [0.15, 0.2) is 59.8 Å². The topological polar surface area (TPSA) is 131 Å². The normalized spacial score (nSPS) is 15.7. The number of esters is 1. The molecule has 10 heteroatoms. The van der Waals surface area contributed by atoms with Crippen molar-refractivity contribution < 1.29 is 24.0 Å². The summed E-state index contributed by atoms with van der Waals surface area (Å²) >= 11 is 0. The van der Waals surface area contributed by atoms with Crippen LogP contribution < -0.4 is 10.6 Å². The van der Waals surface area contributed by atoms with Crippen molar-refractivity contribution in [2.24, 2.45) is 0 Å². The van der Waals surface area contributed by atoms with Gasteiger partial charge in [0.15, 0.2) is 0 Å². The number of urea groups is 1. The lowest BCUT2D eigenvalue weighted by atomic mass is 9.94. The molecule has 10 nitrogen and oxygen atoms in total. The van der Waals surface area contributed by atoms with Gasteiger partial charge >= 0.3 is 12.0 Å². The summed E-state index contributed by atoms with van der Waals surface area (Å²) in [7, 11) is 0. The molecule has 2 N–H and O–H groups in total. The molecule has 2 aromatic carbocycles. The number of hydrogen-bond acceptors (Lipinski definition) is 6. The van der Waals surface area contributed by atoms with Crippen LogP contribution in [0.3, 0.4) is 0 Å². The molecule has 0 saturated heterocycles. The average molecular weight is 452 g/mol. The van der Waals surface area contributed by atoms with E-state index in [1.165, 1.54) is 29.2 Å². The van der Waals surface area contributed by atoms with Gasteiger partial charge in [-0.25, -0.2) is 9.59 Å². The number of nitro benzene ring substituents is 1. The Bertz CT molecular complexity index is 1140. The lowest BCUT2D eigenvalue weighted by Gasteiger charge is -2.34. The van der Waals surface area contributed by atoms with E-state index in [4.69, 9.17) is 4.74 Å². The molecule has 1 atom stereocenters. The van der Waals surface area contributed by atoms with Crippen LogP contribution in [0.1, 0.15) is 42.7 Å². The maximum atomic E-state index is 12.7. The number of anilines is 1. The Morgan fingerprint density at radius 2 is 1.91 bits per heavy atom. The van der Waals surface area contributed by atoms with Gasteiger partial charge in [0.2, 0.25) is 0 Å². The van der Waals surface area contributed by atoms with Gasteiger partial charge in [0, 0.05) is 35.6 Å². The molecule has 3 rings (SSSR count). The summed E-state index contributed by atoms with van der Waals surface area (Å²) in [5.41, 5.74) is 1.70. The number of carbonyl (C=O) groups is 3. The van der Waals surface area contributed by atoms with Crippen LogP contribution in [0.2, 0.25) is 0 Å². The van der Waals surface area contributed by atoms with E-state index in [0.29, 0.717) is 29.1 Å². The Morgan fingerprint density at radius 3 is 2.58 bits per heavy atom. The third-order valence-corrected chi connectivity index (χ3v) is 5.20. The van der Waals surface area contributed by atoms with Crippen LogP contribution in [-0.4, -0.2) is 40.9 Å². The summed E-state index contributed by atoms with van der Waals surface area (Å²) in [5, 5.41) is 16.5. The van der Waals surface area contributed by atoms with Gasteiger partial charge in [-0.2, -0.15) is 0 Å². The highest BCUT2D eigenvalue weighted by Gasteiger charge is 2.35. The molecule has 3 amide bonds. The van der Waals surface area contributed by atoms with E-state index in [9.17, 15) is 24.5 Å². The van der Waals surface area contributed by atoms with Gasteiger partial charge in [0.25, 0.3) is 11.6 Å². The zero-order valence-electron chi connectivity index (χ0n) is 18.5. The maximum Gasteiger partial charge on any atom is 0.338 e. The Kier molecular flexibility index (Phi) is 7.07. The highest BCUT2D eigenvalue weighted by Crippen LogP contribution is 2.32. The van der Waals surface area contributed by atoms with Crippen LogP contribution in [-0.2, 0) is 9.53 Å². The van der Waals surface area contributed by atoms with Crippen molar-refractivity contribution in [1.29, 1.82) is 0 Å². The zero-order chi connectivity index (χ0) is 24.1. The standard InChI is InChI=1S/C23H24N4O6/c1-4-26-14(3)19(22(29)33-5-2)20(25-23(26)30)15-8-6-10-17(12-15)24-21(28)16-9-7-11-18(13-16)27(31)32/h6-13,20H,4-5H2,1-3H3,(H,24,28)(H,25,30)/t20-/m0/s1. The first-order valence-electron chi connectivity index (χ1n) is 10.4. The van der Waals surface area contributed by atoms with Crippen molar-refractivity contribution in [2.75, 3.05) is 18.5 Å². The summed E-state index contributed by atoms with van der Waals surface area (Å²) < 4.78 is 5.22. The lowest BCUT2D eigenvalue weighted by molar-refractivity contribution is -0.384. The highest BCUT2D eigenvalue weighted by atomic mass is 16.6. The van der Waals surface area contributed by atoms with Crippen molar-refractivity contribution in [3.05, 3.63) is 81.0 Å². The predicted molar refractivity (Wildman–Crippen MR) is 120 cm³/mol. The summed E-state index contributed by atoms with van der Waals surface area (Å²) in [6, 6.07) is 10.9. The Labute approximate surface area is 190 Å². The summed E-state index contributed by atoms with van der Waals surface area (Å²) in [4.78, 5) is 49.8. The first-order valence-corrected chi connectivity index (χ1v) is 10.4. The summed E-state index contributed by atoms with van der Waals surface area (Å²) in [6.07, 6.45) is 0. The summed E-state index contributed by atoms with van der Waals surface area (Å²) in [5.74, 6) is -1.07. The van der Waals surface area contributed by atoms with Gasteiger partial charge < -0.3 is 15.4 Å². The van der Waals surface area contributed by atoms with Gasteiger partial charge in [-0.3, -0.25) is 19.8 Å². The molecule has 0 aliphatic carbocycles. The molecule has 2 aromatic rings.